The molecule has 0 saturated heterocycles. The Morgan fingerprint density at radius 3 is 2.59 bits per heavy atom. The normalized spacial score (nSPS) is 11.6. The first-order chi connectivity index (χ1) is 16.2. The number of benzene rings is 2. The Morgan fingerprint density at radius 1 is 1.12 bits per heavy atom. The summed E-state index contributed by atoms with van der Waals surface area (Å²) in [6.45, 7) is 2.73. The number of carbonyl (C=O) groups excluding carboxylic acids is 1. The summed E-state index contributed by atoms with van der Waals surface area (Å²) in [4.78, 5) is 29.8. The van der Waals surface area contributed by atoms with Gasteiger partial charge < -0.3 is 5.32 Å². The number of anilines is 1. The maximum Gasteiger partial charge on any atom is 0.265 e. The van der Waals surface area contributed by atoms with Crippen molar-refractivity contribution in [3.8, 4) is 5.69 Å². The van der Waals surface area contributed by atoms with Gasteiger partial charge in [-0.2, -0.15) is 0 Å². The monoisotopic (exact) mass is 535 g/mol. The third-order valence-electron chi connectivity index (χ3n) is 5.02. The van der Waals surface area contributed by atoms with E-state index in [0.29, 0.717) is 26.5 Å². The molecule has 0 amide bonds. The molecule has 0 aliphatic carbocycles. The molecular weight excluding hydrogens is 517 g/mol. The second-order valence-electron chi connectivity index (χ2n) is 7.50. The van der Waals surface area contributed by atoms with Crippen LogP contribution in [0.2, 0.25) is 9.36 Å². The van der Waals surface area contributed by atoms with Gasteiger partial charge in [0.25, 0.3) is 5.56 Å². The minimum atomic E-state index is -3.76. The van der Waals surface area contributed by atoms with E-state index >= 15 is 0 Å². The number of nitrogens with one attached hydrogen (secondary N) is 1. The molecule has 0 radical (unpaired) electrons. The number of fused-ring (bicyclic) bond motifs is 1. The van der Waals surface area contributed by atoms with Gasteiger partial charge in [-0.05, 0) is 55.0 Å². The maximum absolute atomic E-state index is 13.0. The lowest BCUT2D eigenvalue weighted by atomic mass is 10.1. The van der Waals surface area contributed by atoms with E-state index in [4.69, 9.17) is 23.2 Å². The van der Waals surface area contributed by atoms with Gasteiger partial charge in [-0.1, -0.05) is 29.3 Å². The number of hydrogen-bond acceptors (Lipinski definition) is 7. The van der Waals surface area contributed by atoms with Crippen LogP contribution >= 0.6 is 34.5 Å². The van der Waals surface area contributed by atoms with Crippen molar-refractivity contribution in [2.24, 2.45) is 0 Å². The van der Waals surface area contributed by atoms with Crippen LogP contribution < -0.4 is 10.9 Å². The number of aromatic nitrogens is 2. The molecule has 4 aromatic rings. The number of carbonyl (C=O) groups is 1. The highest BCUT2D eigenvalue weighted by atomic mass is 35.5. The lowest BCUT2D eigenvalue weighted by molar-refractivity contribution is -0.116. The summed E-state index contributed by atoms with van der Waals surface area (Å²) in [6.07, 6.45) is 1.29. The van der Waals surface area contributed by atoms with E-state index < -0.39 is 21.4 Å². The fourth-order valence-corrected chi connectivity index (χ4v) is 6.60. The Bertz CT molecular complexity index is 1560. The molecule has 0 spiro atoms. The standard InChI is InChI=1S/C23H19Cl2N3O4S2/c1-2-26-15-4-5-17-19(11-15)27-13-28(23(17)30)20-6-3-14(10-18(20)24)9-16(29)12-34(31,32)22-8-7-21(25)33-22/h3-8,10-11,13,26H,2,9,12H2,1H3. The zero-order chi connectivity index (χ0) is 24.5. The highest BCUT2D eigenvalue weighted by molar-refractivity contribution is 7.94. The van der Waals surface area contributed by atoms with Crippen molar-refractivity contribution < 1.29 is 13.2 Å². The van der Waals surface area contributed by atoms with Gasteiger partial charge in [0.05, 0.1) is 25.9 Å². The molecule has 0 unspecified atom stereocenters. The fourth-order valence-electron chi connectivity index (χ4n) is 3.49. The fraction of sp³-hybridized carbons (Fsp3) is 0.174. The summed E-state index contributed by atoms with van der Waals surface area (Å²) in [6, 6.07) is 13.0. The number of sulfone groups is 1. The first-order valence-electron chi connectivity index (χ1n) is 10.2. The number of ketones is 1. The Balaban J connectivity index is 1.56. The molecular formula is C23H19Cl2N3O4S2. The van der Waals surface area contributed by atoms with Crippen molar-refractivity contribution in [1.82, 2.24) is 9.55 Å². The van der Waals surface area contributed by atoms with Crippen molar-refractivity contribution in [3.05, 3.63) is 80.1 Å². The van der Waals surface area contributed by atoms with E-state index in [1.807, 2.05) is 13.0 Å². The first kappa shape index (κ1) is 24.4. The number of rotatable bonds is 8. The van der Waals surface area contributed by atoms with Gasteiger partial charge in [-0.25, -0.2) is 13.4 Å². The summed E-state index contributed by atoms with van der Waals surface area (Å²) < 4.78 is 26.6. The van der Waals surface area contributed by atoms with Gasteiger partial charge in [-0.15, -0.1) is 11.3 Å². The predicted octanol–water partition coefficient (Wildman–Crippen LogP) is 4.77. The zero-order valence-corrected chi connectivity index (χ0v) is 21.1. The highest BCUT2D eigenvalue weighted by Crippen LogP contribution is 2.27. The highest BCUT2D eigenvalue weighted by Gasteiger charge is 2.22. The lowest BCUT2D eigenvalue weighted by Crippen LogP contribution is -2.20. The van der Waals surface area contributed by atoms with Crippen LogP contribution in [0.3, 0.4) is 0 Å². The molecule has 176 valence electrons. The average molecular weight is 536 g/mol. The Kier molecular flexibility index (Phi) is 7.09. The molecule has 4 rings (SSSR count). The lowest BCUT2D eigenvalue weighted by Gasteiger charge is -2.11. The maximum atomic E-state index is 13.0. The second-order valence-corrected chi connectivity index (χ2v) is 11.8. The zero-order valence-electron chi connectivity index (χ0n) is 17.9. The molecule has 1 N–H and O–H groups in total. The molecule has 2 aromatic heterocycles. The van der Waals surface area contributed by atoms with E-state index in [0.717, 1.165) is 23.6 Å². The largest absolute Gasteiger partial charge is 0.385 e. The molecule has 34 heavy (non-hydrogen) atoms. The van der Waals surface area contributed by atoms with E-state index in [2.05, 4.69) is 10.3 Å². The summed E-state index contributed by atoms with van der Waals surface area (Å²) in [5.74, 6) is -1.11. The average Bonchev–Trinajstić information content (AvgIpc) is 3.22. The van der Waals surface area contributed by atoms with Crippen LogP contribution in [0.1, 0.15) is 12.5 Å². The number of hydrogen-bond donors (Lipinski definition) is 1. The smallest absolute Gasteiger partial charge is 0.265 e. The van der Waals surface area contributed by atoms with Crippen molar-refractivity contribution >= 4 is 66.7 Å². The number of thiophene rings is 1. The molecule has 2 aromatic carbocycles. The third kappa shape index (κ3) is 5.17. The SMILES string of the molecule is CCNc1ccc2c(=O)n(-c3ccc(CC(=O)CS(=O)(=O)c4ccc(Cl)s4)cc3Cl)cnc2c1. The van der Waals surface area contributed by atoms with Gasteiger partial charge in [-0.3, -0.25) is 14.2 Å². The molecule has 0 bridgehead atoms. The predicted molar refractivity (Wildman–Crippen MR) is 137 cm³/mol. The van der Waals surface area contributed by atoms with E-state index in [9.17, 15) is 18.0 Å². The molecule has 0 aliphatic heterocycles. The van der Waals surface area contributed by atoms with Gasteiger partial charge in [0.1, 0.15) is 16.3 Å². The van der Waals surface area contributed by atoms with E-state index in [1.54, 1.807) is 30.3 Å². The van der Waals surface area contributed by atoms with E-state index in [1.165, 1.54) is 23.0 Å². The van der Waals surface area contributed by atoms with Gasteiger partial charge in [0.15, 0.2) is 15.6 Å². The summed E-state index contributed by atoms with van der Waals surface area (Å²) in [7, 11) is -3.76. The minimum Gasteiger partial charge on any atom is -0.385 e. The quantitative estimate of drug-likeness (QED) is 0.349. The number of nitrogens with zero attached hydrogens (tertiary/aromatic N) is 2. The van der Waals surface area contributed by atoms with Gasteiger partial charge in [0, 0.05) is 18.7 Å². The molecule has 0 atom stereocenters. The summed E-state index contributed by atoms with van der Waals surface area (Å²) >= 11 is 13.1. The molecule has 0 fully saturated rings. The van der Waals surface area contributed by atoms with Crippen LogP contribution in [0, 0.1) is 0 Å². The molecule has 0 saturated carbocycles. The minimum absolute atomic E-state index is 0.0556. The topological polar surface area (TPSA) is 98.1 Å². The Hall–Kier alpha value is -2.72. The van der Waals surface area contributed by atoms with Crippen molar-refractivity contribution in [2.75, 3.05) is 17.6 Å². The first-order valence-corrected chi connectivity index (χ1v) is 13.4. The second kappa shape index (κ2) is 9.87. The van der Waals surface area contributed by atoms with Gasteiger partial charge >= 0.3 is 0 Å². The van der Waals surface area contributed by atoms with Crippen LogP contribution in [0.4, 0.5) is 5.69 Å². The number of Topliss-reactive ketones (excluding diaryl/α,β-unsaturated/α-hetero) is 1. The van der Waals surface area contributed by atoms with Crippen molar-refractivity contribution in [3.63, 3.8) is 0 Å². The molecule has 7 nitrogen and oxygen atoms in total. The van der Waals surface area contributed by atoms with Crippen LogP contribution in [-0.2, 0) is 21.1 Å². The summed E-state index contributed by atoms with van der Waals surface area (Å²) in [5, 5.41) is 3.86. The molecule has 0 aliphatic rings. The van der Waals surface area contributed by atoms with Crippen LogP contribution in [0.25, 0.3) is 16.6 Å². The van der Waals surface area contributed by atoms with Crippen molar-refractivity contribution in [2.45, 2.75) is 17.6 Å². The van der Waals surface area contributed by atoms with Crippen LogP contribution in [0.5, 0.6) is 0 Å². The number of halogens is 2. The summed E-state index contributed by atoms with van der Waals surface area (Å²) in [5.41, 5.74) is 2.10. The van der Waals surface area contributed by atoms with E-state index in [-0.39, 0.29) is 21.2 Å². The van der Waals surface area contributed by atoms with Gasteiger partial charge in [0.2, 0.25) is 0 Å². The molecule has 11 heteroatoms. The third-order valence-corrected chi connectivity index (χ3v) is 8.81. The Labute approximate surface area is 209 Å². The van der Waals surface area contributed by atoms with Crippen LogP contribution in [0.15, 0.2) is 63.9 Å². The van der Waals surface area contributed by atoms with Crippen molar-refractivity contribution in [1.29, 1.82) is 0 Å². The Morgan fingerprint density at radius 2 is 1.91 bits per heavy atom. The molecule has 2 heterocycles. The van der Waals surface area contributed by atoms with Crippen LogP contribution in [-0.4, -0.2) is 36.0 Å².